The first kappa shape index (κ1) is 17.9. The van der Waals surface area contributed by atoms with Gasteiger partial charge in [0, 0.05) is 11.6 Å². The Morgan fingerprint density at radius 1 is 1.00 bits per heavy atom. The minimum atomic E-state index is -0.272. The van der Waals surface area contributed by atoms with Gasteiger partial charge in [-0.15, -0.1) is 0 Å². The maximum absolute atomic E-state index is 12.4. The van der Waals surface area contributed by atoms with Crippen LogP contribution in [-0.4, -0.2) is 32.2 Å². The van der Waals surface area contributed by atoms with Gasteiger partial charge in [-0.05, 0) is 45.8 Å². The Balaban J connectivity index is 2.30. The van der Waals surface area contributed by atoms with Crippen LogP contribution in [0.15, 0.2) is 40.9 Å². The minimum Gasteiger partial charge on any atom is -0.508 e. The van der Waals surface area contributed by atoms with E-state index >= 15 is 0 Å². The molecule has 2 aromatic rings. The summed E-state index contributed by atoms with van der Waals surface area (Å²) in [6, 6.07) is 8.15. The number of rotatable bonds is 6. The largest absolute Gasteiger partial charge is 0.508 e. The predicted molar refractivity (Wildman–Crippen MR) is 95.3 cm³/mol. The van der Waals surface area contributed by atoms with E-state index in [9.17, 15) is 9.90 Å². The lowest BCUT2D eigenvalue weighted by molar-refractivity contribution is 0.104. The molecule has 0 unspecified atom stereocenters. The molecule has 6 heteroatoms. The van der Waals surface area contributed by atoms with E-state index in [-0.39, 0.29) is 11.5 Å². The summed E-state index contributed by atoms with van der Waals surface area (Å²) < 4.78 is 16.0. The van der Waals surface area contributed by atoms with Gasteiger partial charge in [0.2, 0.25) is 0 Å². The average molecular weight is 393 g/mol. The number of hydrogen-bond donors (Lipinski definition) is 1. The lowest BCUT2D eigenvalue weighted by atomic mass is 10.1. The van der Waals surface area contributed by atoms with Gasteiger partial charge < -0.3 is 19.3 Å². The van der Waals surface area contributed by atoms with Crippen LogP contribution in [0.1, 0.15) is 15.9 Å². The molecule has 2 aromatic carbocycles. The van der Waals surface area contributed by atoms with Gasteiger partial charge in [0.1, 0.15) is 11.5 Å². The number of ether oxygens (including phenoxy) is 3. The molecule has 126 valence electrons. The van der Waals surface area contributed by atoms with E-state index in [0.29, 0.717) is 27.3 Å². The number of carbonyl (C=O) groups is 1. The second kappa shape index (κ2) is 7.88. The number of methoxy groups -OCH3 is 3. The van der Waals surface area contributed by atoms with Crippen LogP contribution >= 0.6 is 15.9 Å². The van der Waals surface area contributed by atoms with Crippen LogP contribution < -0.4 is 14.2 Å². The number of allylic oxidation sites excluding steroid dienone is 1. The summed E-state index contributed by atoms with van der Waals surface area (Å²) in [5.41, 5.74) is 1.09. The molecule has 0 atom stereocenters. The fraction of sp³-hybridized carbons (Fsp3) is 0.167. The van der Waals surface area contributed by atoms with Gasteiger partial charge in [-0.25, -0.2) is 0 Å². The van der Waals surface area contributed by atoms with Crippen molar-refractivity contribution in [3.8, 4) is 23.0 Å². The molecule has 0 aliphatic carbocycles. The van der Waals surface area contributed by atoms with Crippen LogP contribution in [0.3, 0.4) is 0 Å². The Hall–Kier alpha value is -2.47. The highest BCUT2D eigenvalue weighted by atomic mass is 79.9. The number of phenols is 1. The van der Waals surface area contributed by atoms with Crippen LogP contribution in [-0.2, 0) is 0 Å². The van der Waals surface area contributed by atoms with E-state index in [4.69, 9.17) is 14.2 Å². The second-order valence-corrected chi connectivity index (χ2v) is 5.61. The fourth-order valence-corrected chi connectivity index (χ4v) is 2.72. The number of hydrogen-bond acceptors (Lipinski definition) is 5. The van der Waals surface area contributed by atoms with E-state index in [2.05, 4.69) is 15.9 Å². The van der Waals surface area contributed by atoms with Gasteiger partial charge in [-0.3, -0.25) is 4.79 Å². The number of ketones is 1. The Morgan fingerprint density at radius 2 is 1.67 bits per heavy atom. The van der Waals surface area contributed by atoms with Gasteiger partial charge in [0.05, 0.1) is 25.8 Å². The summed E-state index contributed by atoms with van der Waals surface area (Å²) >= 11 is 3.32. The Labute approximate surface area is 148 Å². The average Bonchev–Trinajstić information content (AvgIpc) is 2.60. The highest BCUT2D eigenvalue weighted by Gasteiger charge is 2.14. The van der Waals surface area contributed by atoms with E-state index < -0.39 is 0 Å². The third-order valence-electron chi connectivity index (χ3n) is 3.34. The first-order valence-electron chi connectivity index (χ1n) is 7.01. The van der Waals surface area contributed by atoms with Gasteiger partial charge in [0.15, 0.2) is 17.3 Å². The zero-order valence-electron chi connectivity index (χ0n) is 13.5. The molecule has 0 fully saturated rings. The minimum absolute atomic E-state index is 0.0436. The number of aromatic hydroxyl groups is 1. The van der Waals surface area contributed by atoms with Crippen molar-refractivity contribution in [1.82, 2.24) is 0 Å². The number of halogens is 1. The summed E-state index contributed by atoms with van der Waals surface area (Å²) in [7, 11) is 4.57. The van der Waals surface area contributed by atoms with Crippen LogP contribution in [0.2, 0.25) is 0 Å². The smallest absolute Gasteiger partial charge is 0.187 e. The Morgan fingerprint density at radius 3 is 2.29 bits per heavy atom. The molecule has 0 amide bonds. The number of phenolic OH excluding ortho intramolecular Hbond substituents is 1. The monoisotopic (exact) mass is 392 g/mol. The van der Waals surface area contributed by atoms with Gasteiger partial charge in [-0.2, -0.15) is 0 Å². The zero-order chi connectivity index (χ0) is 17.7. The summed E-state index contributed by atoms with van der Waals surface area (Å²) in [6.45, 7) is 0. The fourth-order valence-electron chi connectivity index (χ4n) is 2.13. The van der Waals surface area contributed by atoms with Crippen molar-refractivity contribution >= 4 is 27.8 Å². The Bertz CT molecular complexity index is 783. The van der Waals surface area contributed by atoms with Crippen LogP contribution in [0.4, 0.5) is 0 Å². The summed E-state index contributed by atoms with van der Waals surface area (Å²) in [4.78, 5) is 12.4. The van der Waals surface area contributed by atoms with Crippen LogP contribution in [0, 0.1) is 0 Å². The SMILES string of the molecule is COc1ccc(/C=C/C(=O)c2cc(O)cc(OC)c2Br)cc1OC. The van der Waals surface area contributed by atoms with Crippen LogP contribution in [0.5, 0.6) is 23.0 Å². The second-order valence-electron chi connectivity index (χ2n) is 4.82. The third kappa shape index (κ3) is 3.89. The first-order valence-corrected chi connectivity index (χ1v) is 7.80. The van der Waals surface area contributed by atoms with E-state index in [1.54, 1.807) is 32.4 Å². The molecular formula is C18H17BrO5. The Kier molecular flexibility index (Phi) is 5.87. The molecule has 0 aliphatic rings. The van der Waals surface area contributed by atoms with Crippen molar-refractivity contribution in [2.75, 3.05) is 21.3 Å². The van der Waals surface area contributed by atoms with Crippen molar-refractivity contribution in [2.45, 2.75) is 0 Å². The van der Waals surface area contributed by atoms with Gasteiger partial charge in [0.25, 0.3) is 0 Å². The molecule has 2 rings (SSSR count). The molecule has 24 heavy (non-hydrogen) atoms. The third-order valence-corrected chi connectivity index (χ3v) is 4.16. The predicted octanol–water partition coefficient (Wildman–Crippen LogP) is 4.08. The van der Waals surface area contributed by atoms with E-state index in [0.717, 1.165) is 5.56 Å². The molecule has 0 bridgehead atoms. The van der Waals surface area contributed by atoms with Crippen molar-refractivity contribution in [3.05, 3.63) is 52.0 Å². The first-order chi connectivity index (χ1) is 11.5. The molecule has 1 N–H and O–H groups in total. The molecule has 0 aromatic heterocycles. The van der Waals surface area contributed by atoms with Crippen molar-refractivity contribution in [1.29, 1.82) is 0 Å². The number of benzene rings is 2. The quantitative estimate of drug-likeness (QED) is 0.592. The lowest BCUT2D eigenvalue weighted by Gasteiger charge is -2.08. The molecule has 0 saturated carbocycles. The van der Waals surface area contributed by atoms with Crippen molar-refractivity contribution in [2.24, 2.45) is 0 Å². The molecule has 0 aliphatic heterocycles. The summed E-state index contributed by atoms with van der Waals surface area (Å²) in [6.07, 6.45) is 3.08. The van der Waals surface area contributed by atoms with Gasteiger partial charge >= 0.3 is 0 Å². The standard InChI is InChI=1S/C18H17BrO5/c1-22-15-7-5-11(8-16(15)23-2)4-6-14(21)13-9-12(20)10-17(24-3)18(13)19/h4-10,20H,1-3H3/b6-4+. The molecule has 5 nitrogen and oxygen atoms in total. The number of carbonyl (C=O) groups excluding carboxylic acids is 1. The van der Waals surface area contributed by atoms with Crippen LogP contribution in [0.25, 0.3) is 6.08 Å². The van der Waals surface area contributed by atoms with Crippen molar-refractivity contribution in [3.63, 3.8) is 0 Å². The normalized spacial score (nSPS) is 10.7. The highest BCUT2D eigenvalue weighted by Crippen LogP contribution is 2.33. The maximum Gasteiger partial charge on any atom is 0.187 e. The summed E-state index contributed by atoms with van der Waals surface area (Å²) in [5.74, 6) is 1.26. The topological polar surface area (TPSA) is 65.0 Å². The summed E-state index contributed by atoms with van der Waals surface area (Å²) in [5, 5.41) is 9.70. The molecule has 0 heterocycles. The van der Waals surface area contributed by atoms with Gasteiger partial charge in [-0.1, -0.05) is 12.1 Å². The zero-order valence-corrected chi connectivity index (χ0v) is 15.1. The lowest BCUT2D eigenvalue weighted by Crippen LogP contribution is -1.98. The molecule has 0 saturated heterocycles. The molecular weight excluding hydrogens is 376 g/mol. The highest BCUT2D eigenvalue weighted by molar-refractivity contribution is 9.10. The van der Waals surface area contributed by atoms with E-state index in [1.165, 1.54) is 25.3 Å². The molecule has 0 radical (unpaired) electrons. The van der Waals surface area contributed by atoms with Crippen molar-refractivity contribution < 1.29 is 24.1 Å². The maximum atomic E-state index is 12.4. The van der Waals surface area contributed by atoms with E-state index in [1.807, 2.05) is 6.07 Å². The molecule has 0 spiro atoms.